The van der Waals surface area contributed by atoms with Crippen LogP contribution in [0.5, 0.6) is 0 Å². The van der Waals surface area contributed by atoms with E-state index in [1.54, 1.807) is 13.8 Å². The lowest BCUT2D eigenvalue weighted by atomic mass is 10.2. The quantitative estimate of drug-likeness (QED) is 0.546. The molecular formula is C9H16N2O5. The third-order valence-corrected chi connectivity index (χ3v) is 1.71. The van der Waals surface area contributed by atoms with Crippen molar-refractivity contribution in [3.63, 3.8) is 0 Å². The van der Waals surface area contributed by atoms with Crippen LogP contribution in [0.15, 0.2) is 0 Å². The minimum Gasteiger partial charge on any atom is -0.480 e. The van der Waals surface area contributed by atoms with Crippen molar-refractivity contribution >= 4 is 18.0 Å². The van der Waals surface area contributed by atoms with E-state index in [1.807, 2.05) is 0 Å². The minimum atomic E-state index is -1.12. The molecule has 3 N–H and O–H groups in total. The zero-order chi connectivity index (χ0) is 12.6. The summed E-state index contributed by atoms with van der Waals surface area (Å²) in [4.78, 5) is 32.6. The van der Waals surface area contributed by atoms with E-state index in [0.29, 0.717) is 0 Å². The van der Waals surface area contributed by atoms with Crippen LogP contribution in [-0.2, 0) is 14.3 Å². The van der Waals surface area contributed by atoms with Crippen LogP contribution >= 0.6 is 0 Å². The van der Waals surface area contributed by atoms with E-state index in [4.69, 9.17) is 5.11 Å². The van der Waals surface area contributed by atoms with Crippen LogP contribution in [0.25, 0.3) is 0 Å². The van der Waals surface area contributed by atoms with E-state index in [-0.39, 0.29) is 19.6 Å². The number of esters is 1. The molecule has 0 heterocycles. The first kappa shape index (κ1) is 14.2. The standard InChI is InChI=1S/C9H16N2O5/c1-3-6(8(13)14)11-9(15)10-5-7(12)16-4-2/h6H,3-5H2,1-2H3,(H,13,14)(H2,10,11,15). The Bertz CT molecular complexity index is 267. The highest BCUT2D eigenvalue weighted by atomic mass is 16.5. The fourth-order valence-corrected chi connectivity index (χ4v) is 0.912. The Morgan fingerprint density at radius 1 is 1.31 bits per heavy atom. The number of nitrogens with one attached hydrogen (secondary N) is 2. The maximum absolute atomic E-state index is 11.1. The number of hydrogen-bond acceptors (Lipinski definition) is 4. The summed E-state index contributed by atoms with van der Waals surface area (Å²) in [5, 5.41) is 13.1. The number of carboxylic acids is 1. The molecule has 16 heavy (non-hydrogen) atoms. The summed E-state index contributed by atoms with van der Waals surface area (Å²) < 4.78 is 4.57. The number of hydrogen-bond donors (Lipinski definition) is 3. The molecule has 0 aromatic heterocycles. The Balaban J connectivity index is 3.89. The average Bonchev–Trinajstić information content (AvgIpc) is 2.23. The largest absolute Gasteiger partial charge is 0.480 e. The van der Waals surface area contributed by atoms with Crippen molar-refractivity contribution in [3.8, 4) is 0 Å². The Kier molecular flexibility index (Phi) is 6.66. The molecule has 0 bridgehead atoms. The van der Waals surface area contributed by atoms with Gasteiger partial charge in [-0.2, -0.15) is 0 Å². The number of rotatable bonds is 6. The first-order valence-electron chi connectivity index (χ1n) is 4.94. The second-order valence-electron chi connectivity index (χ2n) is 2.93. The van der Waals surface area contributed by atoms with Gasteiger partial charge in [0.1, 0.15) is 12.6 Å². The maximum atomic E-state index is 11.1. The van der Waals surface area contributed by atoms with E-state index in [2.05, 4.69) is 15.4 Å². The molecular weight excluding hydrogens is 216 g/mol. The molecule has 0 radical (unpaired) electrons. The van der Waals surface area contributed by atoms with Crippen molar-refractivity contribution in [1.82, 2.24) is 10.6 Å². The Labute approximate surface area is 93.2 Å². The van der Waals surface area contributed by atoms with Crippen molar-refractivity contribution in [3.05, 3.63) is 0 Å². The summed E-state index contributed by atoms with van der Waals surface area (Å²) >= 11 is 0. The molecule has 0 aliphatic heterocycles. The van der Waals surface area contributed by atoms with Crippen LogP contribution in [-0.4, -0.2) is 42.3 Å². The number of carbonyl (C=O) groups excluding carboxylic acids is 2. The van der Waals surface area contributed by atoms with Gasteiger partial charge in [-0.25, -0.2) is 9.59 Å². The van der Waals surface area contributed by atoms with E-state index < -0.39 is 24.0 Å². The topological polar surface area (TPSA) is 105 Å². The number of urea groups is 1. The molecule has 7 nitrogen and oxygen atoms in total. The number of aliphatic carboxylic acids is 1. The van der Waals surface area contributed by atoms with E-state index in [0.717, 1.165) is 0 Å². The van der Waals surface area contributed by atoms with Gasteiger partial charge in [0.2, 0.25) is 0 Å². The Morgan fingerprint density at radius 2 is 1.94 bits per heavy atom. The Hall–Kier alpha value is -1.79. The lowest BCUT2D eigenvalue weighted by Gasteiger charge is -2.12. The monoisotopic (exact) mass is 232 g/mol. The predicted octanol–water partition coefficient (Wildman–Crippen LogP) is -0.288. The highest BCUT2D eigenvalue weighted by molar-refractivity contribution is 5.84. The van der Waals surface area contributed by atoms with Crippen molar-refractivity contribution < 1.29 is 24.2 Å². The highest BCUT2D eigenvalue weighted by Gasteiger charge is 2.17. The van der Waals surface area contributed by atoms with Crippen LogP contribution in [0.3, 0.4) is 0 Å². The summed E-state index contributed by atoms with van der Waals surface area (Å²) in [6.45, 7) is 3.23. The summed E-state index contributed by atoms with van der Waals surface area (Å²) in [6.07, 6.45) is 0.266. The van der Waals surface area contributed by atoms with Crippen LogP contribution in [0, 0.1) is 0 Å². The number of carbonyl (C=O) groups is 3. The van der Waals surface area contributed by atoms with Gasteiger partial charge in [0.25, 0.3) is 0 Å². The summed E-state index contributed by atoms with van der Waals surface area (Å²) in [5.41, 5.74) is 0. The molecule has 0 aromatic carbocycles. The van der Waals surface area contributed by atoms with Gasteiger partial charge in [-0.15, -0.1) is 0 Å². The molecule has 0 aliphatic carbocycles. The van der Waals surface area contributed by atoms with Gasteiger partial charge in [0.05, 0.1) is 6.61 Å². The van der Waals surface area contributed by atoms with Gasteiger partial charge in [0, 0.05) is 0 Å². The van der Waals surface area contributed by atoms with E-state index in [9.17, 15) is 14.4 Å². The predicted molar refractivity (Wildman–Crippen MR) is 54.9 cm³/mol. The molecule has 0 fully saturated rings. The number of amides is 2. The molecule has 0 rings (SSSR count). The molecule has 7 heteroatoms. The molecule has 1 unspecified atom stereocenters. The number of ether oxygens (including phenoxy) is 1. The maximum Gasteiger partial charge on any atom is 0.326 e. The summed E-state index contributed by atoms with van der Waals surface area (Å²) in [7, 11) is 0. The molecule has 0 saturated heterocycles. The average molecular weight is 232 g/mol. The van der Waals surface area contributed by atoms with E-state index >= 15 is 0 Å². The highest BCUT2D eigenvalue weighted by Crippen LogP contribution is 1.90. The first-order chi connectivity index (χ1) is 7.51. The summed E-state index contributed by atoms with van der Waals surface area (Å²) in [6, 6.07) is -1.66. The SMILES string of the molecule is CCOC(=O)CNC(=O)NC(CC)C(=O)O. The minimum absolute atomic E-state index is 0.231. The van der Waals surface area contributed by atoms with Gasteiger partial charge in [0.15, 0.2) is 0 Å². The third-order valence-electron chi connectivity index (χ3n) is 1.71. The van der Waals surface area contributed by atoms with Crippen LogP contribution in [0.4, 0.5) is 4.79 Å². The molecule has 0 aliphatic rings. The first-order valence-corrected chi connectivity index (χ1v) is 4.94. The third kappa shape index (κ3) is 5.84. The lowest BCUT2D eigenvalue weighted by molar-refractivity contribution is -0.141. The zero-order valence-corrected chi connectivity index (χ0v) is 9.28. The molecule has 0 saturated carbocycles. The van der Waals surface area contributed by atoms with Gasteiger partial charge >= 0.3 is 18.0 Å². The molecule has 0 spiro atoms. The fourth-order valence-electron chi connectivity index (χ4n) is 0.912. The fraction of sp³-hybridized carbons (Fsp3) is 0.667. The van der Waals surface area contributed by atoms with Gasteiger partial charge in [-0.1, -0.05) is 6.92 Å². The normalized spacial score (nSPS) is 11.4. The van der Waals surface area contributed by atoms with Crippen molar-refractivity contribution in [1.29, 1.82) is 0 Å². The van der Waals surface area contributed by atoms with Gasteiger partial charge in [-0.05, 0) is 13.3 Å². The second kappa shape index (κ2) is 7.49. The molecule has 0 aromatic rings. The second-order valence-corrected chi connectivity index (χ2v) is 2.93. The Morgan fingerprint density at radius 3 is 2.38 bits per heavy atom. The van der Waals surface area contributed by atoms with Gasteiger partial charge < -0.3 is 20.5 Å². The molecule has 1 atom stereocenters. The van der Waals surface area contributed by atoms with Crippen molar-refractivity contribution in [2.75, 3.05) is 13.2 Å². The van der Waals surface area contributed by atoms with Crippen molar-refractivity contribution in [2.24, 2.45) is 0 Å². The zero-order valence-electron chi connectivity index (χ0n) is 9.28. The smallest absolute Gasteiger partial charge is 0.326 e. The lowest BCUT2D eigenvalue weighted by Crippen LogP contribution is -2.47. The van der Waals surface area contributed by atoms with Gasteiger partial charge in [-0.3, -0.25) is 4.79 Å². The van der Waals surface area contributed by atoms with Crippen molar-refractivity contribution in [2.45, 2.75) is 26.3 Å². The molecule has 2 amide bonds. The summed E-state index contributed by atoms with van der Waals surface area (Å²) in [5.74, 6) is -1.69. The van der Waals surface area contributed by atoms with Crippen LogP contribution in [0.1, 0.15) is 20.3 Å². The van der Waals surface area contributed by atoms with Crippen LogP contribution < -0.4 is 10.6 Å². The number of carboxylic acid groups (broad SMARTS) is 1. The van der Waals surface area contributed by atoms with E-state index in [1.165, 1.54) is 0 Å². The molecule has 92 valence electrons. The van der Waals surface area contributed by atoms with Crippen LogP contribution in [0.2, 0.25) is 0 Å².